The van der Waals surface area contributed by atoms with E-state index in [1.165, 1.54) is 0 Å². The van der Waals surface area contributed by atoms with Crippen LogP contribution < -0.4 is 15.4 Å². The van der Waals surface area contributed by atoms with Crippen LogP contribution in [0, 0.1) is 6.92 Å². The molecule has 0 unspecified atom stereocenters. The van der Waals surface area contributed by atoms with Gasteiger partial charge in [0, 0.05) is 36.6 Å². The first-order valence-corrected chi connectivity index (χ1v) is 8.84. The molecule has 26 heavy (non-hydrogen) atoms. The zero-order valence-corrected chi connectivity index (χ0v) is 15.4. The van der Waals surface area contributed by atoms with Crippen LogP contribution in [0.5, 0.6) is 11.6 Å². The van der Waals surface area contributed by atoms with Crippen molar-refractivity contribution in [1.82, 2.24) is 25.1 Å². The molecule has 0 atom stereocenters. The summed E-state index contributed by atoms with van der Waals surface area (Å²) in [5.74, 6) is 1.62. The van der Waals surface area contributed by atoms with Gasteiger partial charge in [0.25, 0.3) is 5.88 Å². The van der Waals surface area contributed by atoms with E-state index in [0.717, 1.165) is 37.4 Å². The fourth-order valence-electron chi connectivity index (χ4n) is 2.94. The van der Waals surface area contributed by atoms with Crippen molar-refractivity contribution < 1.29 is 4.74 Å². The molecule has 3 aromatic heterocycles. The van der Waals surface area contributed by atoms with Crippen molar-refractivity contribution in [2.24, 2.45) is 5.73 Å². The molecule has 4 rings (SSSR count). The third kappa shape index (κ3) is 3.30. The van der Waals surface area contributed by atoms with Crippen LogP contribution in [-0.4, -0.2) is 43.8 Å². The number of rotatable bonds is 3. The van der Waals surface area contributed by atoms with E-state index < -0.39 is 0 Å². The second kappa shape index (κ2) is 6.37. The standard InChI is InChI=1S/C17H20ClN7O/c1-10-7-12(11(18)8-20-10)26-16-14-15(23-24-16)22-13(9-21-14)25-5-3-17(2,19)4-6-25/h7-9H,3-6,19H2,1-2H3,(H,22,23,24). The van der Waals surface area contributed by atoms with Crippen molar-refractivity contribution in [1.29, 1.82) is 0 Å². The number of fused-ring (bicyclic) bond motifs is 1. The van der Waals surface area contributed by atoms with Gasteiger partial charge >= 0.3 is 0 Å². The number of hydrogen-bond donors (Lipinski definition) is 2. The topological polar surface area (TPSA) is 106 Å². The lowest BCUT2D eigenvalue weighted by atomic mass is 9.91. The molecular weight excluding hydrogens is 354 g/mol. The number of nitrogens with zero attached hydrogens (tertiary/aromatic N) is 5. The molecule has 1 saturated heterocycles. The fraction of sp³-hybridized carbons (Fsp3) is 0.412. The molecule has 0 spiro atoms. The van der Waals surface area contributed by atoms with E-state index >= 15 is 0 Å². The van der Waals surface area contributed by atoms with Crippen molar-refractivity contribution >= 4 is 28.6 Å². The van der Waals surface area contributed by atoms with Crippen LogP contribution in [0.15, 0.2) is 18.5 Å². The van der Waals surface area contributed by atoms with Crippen molar-refractivity contribution in [3.05, 3.63) is 29.2 Å². The van der Waals surface area contributed by atoms with E-state index in [0.29, 0.717) is 27.8 Å². The zero-order valence-electron chi connectivity index (χ0n) is 14.7. The number of pyridine rings is 1. The number of piperidine rings is 1. The molecule has 0 saturated carbocycles. The fourth-order valence-corrected chi connectivity index (χ4v) is 3.08. The number of aromatic nitrogens is 5. The molecule has 8 nitrogen and oxygen atoms in total. The van der Waals surface area contributed by atoms with Gasteiger partial charge in [-0.2, -0.15) is 0 Å². The lowest BCUT2D eigenvalue weighted by molar-refractivity contribution is 0.363. The minimum atomic E-state index is -0.106. The molecule has 1 fully saturated rings. The van der Waals surface area contributed by atoms with Crippen LogP contribution in [-0.2, 0) is 0 Å². The van der Waals surface area contributed by atoms with Crippen LogP contribution >= 0.6 is 11.6 Å². The first kappa shape index (κ1) is 17.0. The molecule has 0 aromatic carbocycles. The van der Waals surface area contributed by atoms with E-state index in [-0.39, 0.29) is 5.54 Å². The third-order valence-corrected chi connectivity index (χ3v) is 4.90. The van der Waals surface area contributed by atoms with Crippen molar-refractivity contribution in [2.75, 3.05) is 18.0 Å². The van der Waals surface area contributed by atoms with Gasteiger partial charge in [-0.25, -0.2) is 9.97 Å². The SMILES string of the molecule is Cc1cc(Oc2n[nH]c3nc(N4CCC(C)(N)CC4)cnc23)c(Cl)cn1. The number of ether oxygens (including phenoxy) is 1. The van der Waals surface area contributed by atoms with Crippen LogP contribution in [0.3, 0.4) is 0 Å². The Hall–Kier alpha value is -2.45. The lowest BCUT2D eigenvalue weighted by Gasteiger charge is -2.37. The van der Waals surface area contributed by atoms with Gasteiger partial charge in [0.05, 0.1) is 6.20 Å². The van der Waals surface area contributed by atoms with Crippen molar-refractivity contribution in [3.63, 3.8) is 0 Å². The summed E-state index contributed by atoms with van der Waals surface area (Å²) in [6.07, 6.45) is 5.13. The zero-order chi connectivity index (χ0) is 18.3. The van der Waals surface area contributed by atoms with Gasteiger partial charge in [0.15, 0.2) is 16.9 Å². The molecule has 3 aromatic rings. The van der Waals surface area contributed by atoms with E-state index in [9.17, 15) is 0 Å². The van der Waals surface area contributed by atoms with Gasteiger partial charge in [-0.15, -0.1) is 5.10 Å². The Bertz CT molecular complexity index is 945. The maximum Gasteiger partial charge on any atom is 0.266 e. The molecule has 1 aliphatic rings. The van der Waals surface area contributed by atoms with Gasteiger partial charge in [-0.05, 0) is 26.7 Å². The van der Waals surface area contributed by atoms with Crippen LogP contribution in [0.25, 0.3) is 11.2 Å². The average molecular weight is 374 g/mol. The summed E-state index contributed by atoms with van der Waals surface area (Å²) >= 11 is 6.14. The number of hydrogen-bond acceptors (Lipinski definition) is 7. The molecular formula is C17H20ClN7O. The highest BCUT2D eigenvalue weighted by Gasteiger charge is 2.27. The van der Waals surface area contributed by atoms with Gasteiger partial charge in [-0.3, -0.25) is 10.1 Å². The number of aromatic amines is 1. The number of anilines is 1. The summed E-state index contributed by atoms with van der Waals surface area (Å²) < 4.78 is 5.81. The predicted octanol–water partition coefficient (Wildman–Crippen LogP) is 2.82. The lowest BCUT2D eigenvalue weighted by Crippen LogP contribution is -2.48. The number of halogens is 1. The maximum absolute atomic E-state index is 6.20. The van der Waals surface area contributed by atoms with Crippen molar-refractivity contribution in [2.45, 2.75) is 32.2 Å². The summed E-state index contributed by atoms with van der Waals surface area (Å²) in [5, 5.41) is 7.47. The van der Waals surface area contributed by atoms with Gasteiger partial charge < -0.3 is 15.4 Å². The normalized spacial score (nSPS) is 16.8. The van der Waals surface area contributed by atoms with Crippen LogP contribution in [0.2, 0.25) is 5.02 Å². The molecule has 3 N–H and O–H groups in total. The van der Waals surface area contributed by atoms with E-state index in [1.807, 2.05) is 6.92 Å². The maximum atomic E-state index is 6.20. The number of nitrogens with one attached hydrogen (secondary N) is 1. The average Bonchev–Trinajstić information content (AvgIpc) is 3.00. The molecule has 1 aliphatic heterocycles. The molecule has 0 amide bonds. The predicted molar refractivity (Wildman–Crippen MR) is 99.8 cm³/mol. The highest BCUT2D eigenvalue weighted by molar-refractivity contribution is 6.31. The van der Waals surface area contributed by atoms with Gasteiger partial charge in [0.2, 0.25) is 0 Å². The summed E-state index contributed by atoms with van der Waals surface area (Å²) in [6, 6.07) is 1.75. The van der Waals surface area contributed by atoms with Crippen molar-refractivity contribution in [3.8, 4) is 11.6 Å². The Labute approximate surface area is 155 Å². The minimum Gasteiger partial charge on any atom is -0.434 e. The highest BCUT2D eigenvalue weighted by Crippen LogP contribution is 2.32. The quantitative estimate of drug-likeness (QED) is 0.727. The van der Waals surface area contributed by atoms with E-state index in [4.69, 9.17) is 22.1 Å². The molecule has 0 aliphatic carbocycles. The third-order valence-electron chi connectivity index (χ3n) is 4.62. The van der Waals surface area contributed by atoms with E-state index in [2.05, 4.69) is 37.0 Å². The number of H-pyrrole nitrogens is 1. The number of aryl methyl sites for hydroxylation is 1. The van der Waals surface area contributed by atoms with Crippen LogP contribution in [0.1, 0.15) is 25.5 Å². The molecule has 4 heterocycles. The summed E-state index contributed by atoms with van der Waals surface area (Å²) in [7, 11) is 0. The highest BCUT2D eigenvalue weighted by atomic mass is 35.5. The molecule has 9 heteroatoms. The van der Waals surface area contributed by atoms with Gasteiger partial charge in [0.1, 0.15) is 10.8 Å². The summed E-state index contributed by atoms with van der Waals surface area (Å²) in [6.45, 7) is 5.67. The second-order valence-corrected chi connectivity index (χ2v) is 7.36. The minimum absolute atomic E-state index is 0.106. The monoisotopic (exact) mass is 373 g/mol. The largest absolute Gasteiger partial charge is 0.434 e. The van der Waals surface area contributed by atoms with E-state index in [1.54, 1.807) is 18.5 Å². The number of nitrogens with two attached hydrogens (primary N) is 1. The molecule has 0 radical (unpaired) electrons. The van der Waals surface area contributed by atoms with Gasteiger partial charge in [-0.1, -0.05) is 11.6 Å². The Morgan fingerprint density at radius 1 is 1.27 bits per heavy atom. The first-order chi connectivity index (χ1) is 12.4. The molecule has 136 valence electrons. The Kier molecular flexibility index (Phi) is 4.16. The smallest absolute Gasteiger partial charge is 0.266 e. The Balaban J connectivity index is 1.59. The Morgan fingerprint density at radius 3 is 2.81 bits per heavy atom. The van der Waals surface area contributed by atoms with Crippen LogP contribution in [0.4, 0.5) is 5.82 Å². The second-order valence-electron chi connectivity index (χ2n) is 6.95. The summed E-state index contributed by atoms with van der Waals surface area (Å²) in [5.41, 5.74) is 8.02. The molecule has 0 bridgehead atoms. The Morgan fingerprint density at radius 2 is 2.04 bits per heavy atom. The summed E-state index contributed by atoms with van der Waals surface area (Å²) in [4.78, 5) is 15.4. The first-order valence-electron chi connectivity index (χ1n) is 8.46.